The van der Waals surface area contributed by atoms with Crippen LogP contribution in [0.25, 0.3) is 0 Å². The van der Waals surface area contributed by atoms with Gasteiger partial charge in [0.05, 0.1) is 13.4 Å². The molecule has 1 rings (SSSR count). The van der Waals surface area contributed by atoms with Crippen LogP contribution in [-0.4, -0.2) is 36.6 Å². The number of imidazole rings is 1. The lowest BCUT2D eigenvalue weighted by Crippen LogP contribution is -2.50. The number of hydrogen-bond acceptors (Lipinski definition) is 5. The summed E-state index contributed by atoms with van der Waals surface area (Å²) in [5.41, 5.74) is -1.41. The lowest BCUT2D eigenvalue weighted by Gasteiger charge is -2.22. The minimum Gasteiger partial charge on any atom is -0.468 e. The fourth-order valence-electron chi connectivity index (χ4n) is 1.26. The Morgan fingerprint density at radius 3 is 2.50 bits per heavy atom. The third-order valence-corrected chi connectivity index (χ3v) is 4.32. The predicted molar refractivity (Wildman–Crippen MR) is 64.6 cm³/mol. The highest BCUT2D eigenvalue weighted by Gasteiger charge is 2.36. The van der Waals surface area contributed by atoms with Gasteiger partial charge in [0.25, 0.3) is 10.0 Å². The number of rotatable bonds is 4. The average molecular weight is 296 g/mol. The molecule has 0 fully saturated rings. The zero-order valence-corrected chi connectivity index (χ0v) is 12.0. The number of sulfonamides is 1. The van der Waals surface area contributed by atoms with Crippen LogP contribution >= 0.6 is 11.6 Å². The third kappa shape index (κ3) is 2.82. The number of carbonyl (C=O) groups excluding carboxylic acids is 1. The number of methoxy groups -OCH3 is 1. The maximum atomic E-state index is 12.0. The molecule has 1 N–H and O–H groups in total. The number of ether oxygens (including phenoxy) is 1. The van der Waals surface area contributed by atoms with Gasteiger partial charge in [0, 0.05) is 7.05 Å². The molecule has 0 radical (unpaired) electrons. The van der Waals surface area contributed by atoms with E-state index in [1.807, 2.05) is 0 Å². The van der Waals surface area contributed by atoms with Gasteiger partial charge in [-0.05, 0) is 13.8 Å². The van der Waals surface area contributed by atoms with Crippen LogP contribution in [0, 0.1) is 0 Å². The van der Waals surface area contributed by atoms with Crippen molar-refractivity contribution in [3.63, 3.8) is 0 Å². The second-order valence-electron chi connectivity index (χ2n) is 4.17. The number of aromatic nitrogens is 2. The fourth-order valence-corrected chi connectivity index (χ4v) is 3.06. The maximum Gasteiger partial charge on any atom is 0.326 e. The summed E-state index contributed by atoms with van der Waals surface area (Å²) in [5, 5.41) is -0.369. The van der Waals surface area contributed by atoms with E-state index in [4.69, 9.17) is 11.6 Å². The number of nitrogens with one attached hydrogen (secondary N) is 1. The molecule has 0 amide bonds. The van der Waals surface area contributed by atoms with Gasteiger partial charge in [-0.25, -0.2) is 13.4 Å². The van der Waals surface area contributed by atoms with Gasteiger partial charge in [-0.1, -0.05) is 11.6 Å². The van der Waals surface area contributed by atoms with Gasteiger partial charge in [-0.3, -0.25) is 4.79 Å². The van der Waals surface area contributed by atoms with Crippen LogP contribution in [0.3, 0.4) is 0 Å². The second kappa shape index (κ2) is 4.87. The van der Waals surface area contributed by atoms with Crippen LogP contribution in [0.4, 0.5) is 0 Å². The standard InChI is InChI=1S/C9H14ClN3O4S/c1-9(2,8(14)17-4)12-18(15,16)7-6(10)13(3)5-11-7/h5,12H,1-4H3. The molecule has 0 bridgehead atoms. The number of hydrogen-bond donors (Lipinski definition) is 1. The minimum atomic E-state index is -4.00. The van der Waals surface area contributed by atoms with E-state index < -0.39 is 21.5 Å². The normalized spacial score (nSPS) is 12.5. The van der Waals surface area contributed by atoms with Gasteiger partial charge < -0.3 is 9.30 Å². The van der Waals surface area contributed by atoms with Crippen LogP contribution in [0.5, 0.6) is 0 Å². The Kier molecular flexibility index (Phi) is 4.04. The van der Waals surface area contributed by atoms with E-state index in [9.17, 15) is 13.2 Å². The summed E-state index contributed by atoms with van der Waals surface area (Å²) in [7, 11) is -1.27. The number of halogens is 1. The predicted octanol–water partition coefficient (Wildman–Crippen LogP) is 0.303. The van der Waals surface area contributed by atoms with E-state index in [1.165, 1.54) is 31.9 Å². The van der Waals surface area contributed by atoms with Crippen LogP contribution < -0.4 is 4.72 Å². The quantitative estimate of drug-likeness (QED) is 0.807. The van der Waals surface area contributed by atoms with Crippen molar-refractivity contribution in [2.75, 3.05) is 7.11 Å². The van der Waals surface area contributed by atoms with Gasteiger partial charge >= 0.3 is 5.97 Å². The lowest BCUT2D eigenvalue weighted by molar-refractivity contribution is -0.146. The van der Waals surface area contributed by atoms with Crippen molar-refractivity contribution in [3.8, 4) is 0 Å². The molecule has 102 valence electrons. The molecule has 0 aliphatic carbocycles. The van der Waals surface area contributed by atoms with Crippen molar-refractivity contribution in [1.29, 1.82) is 0 Å². The monoisotopic (exact) mass is 295 g/mol. The average Bonchev–Trinajstić information content (AvgIpc) is 2.57. The van der Waals surface area contributed by atoms with E-state index in [1.54, 1.807) is 7.05 Å². The first-order valence-corrected chi connectivity index (χ1v) is 6.77. The number of carbonyl (C=O) groups is 1. The van der Waals surface area contributed by atoms with Gasteiger partial charge in [-0.15, -0.1) is 0 Å². The largest absolute Gasteiger partial charge is 0.468 e. The zero-order valence-electron chi connectivity index (χ0n) is 10.4. The summed E-state index contributed by atoms with van der Waals surface area (Å²) in [6.45, 7) is 2.76. The Bertz CT molecular complexity index is 564. The molecule has 0 atom stereocenters. The molecule has 9 heteroatoms. The fraction of sp³-hybridized carbons (Fsp3) is 0.556. The smallest absolute Gasteiger partial charge is 0.326 e. The zero-order chi connectivity index (χ0) is 14.1. The van der Waals surface area contributed by atoms with Gasteiger partial charge in [0.1, 0.15) is 10.7 Å². The van der Waals surface area contributed by atoms with E-state index in [-0.39, 0.29) is 10.2 Å². The summed E-state index contributed by atoms with van der Waals surface area (Å²) in [5.74, 6) is -0.710. The molecule has 1 aromatic rings. The Hall–Kier alpha value is -1.12. The molecule has 0 saturated heterocycles. The molecule has 0 aromatic carbocycles. The van der Waals surface area contributed by atoms with Crippen LogP contribution in [0.2, 0.25) is 5.15 Å². The van der Waals surface area contributed by atoms with Crippen LogP contribution in [0.1, 0.15) is 13.8 Å². The van der Waals surface area contributed by atoms with E-state index >= 15 is 0 Å². The molecule has 0 aliphatic rings. The highest BCUT2D eigenvalue weighted by Crippen LogP contribution is 2.20. The minimum absolute atomic E-state index is 0.0387. The first-order valence-electron chi connectivity index (χ1n) is 4.91. The molecule has 0 aliphatic heterocycles. The summed E-state index contributed by atoms with van der Waals surface area (Å²) >= 11 is 5.80. The number of nitrogens with zero attached hydrogens (tertiary/aromatic N) is 2. The molecule has 0 unspecified atom stereocenters. The molecule has 0 spiro atoms. The summed E-state index contributed by atoms with van der Waals surface area (Å²) in [4.78, 5) is 15.1. The first kappa shape index (κ1) is 14.9. The Morgan fingerprint density at radius 1 is 1.56 bits per heavy atom. The van der Waals surface area contributed by atoms with E-state index in [2.05, 4.69) is 14.4 Å². The Balaban J connectivity index is 3.10. The number of aryl methyl sites for hydroxylation is 1. The van der Waals surface area contributed by atoms with Gasteiger partial charge in [-0.2, -0.15) is 4.72 Å². The molecular weight excluding hydrogens is 282 g/mol. The van der Waals surface area contributed by atoms with Crippen LogP contribution in [-0.2, 0) is 26.6 Å². The second-order valence-corrected chi connectivity index (χ2v) is 6.13. The first-order chi connectivity index (χ1) is 8.12. The van der Waals surface area contributed by atoms with Gasteiger partial charge in [0.2, 0.25) is 5.03 Å². The lowest BCUT2D eigenvalue weighted by atomic mass is 10.1. The molecule has 1 aromatic heterocycles. The van der Waals surface area contributed by atoms with Crippen molar-refractivity contribution < 1.29 is 17.9 Å². The highest BCUT2D eigenvalue weighted by molar-refractivity contribution is 7.89. The van der Waals surface area contributed by atoms with Crippen molar-refractivity contribution in [2.24, 2.45) is 7.05 Å². The highest BCUT2D eigenvalue weighted by atomic mass is 35.5. The van der Waals surface area contributed by atoms with Crippen molar-refractivity contribution in [3.05, 3.63) is 11.5 Å². The molecule has 0 saturated carbocycles. The number of esters is 1. The molecule has 1 heterocycles. The van der Waals surface area contributed by atoms with Crippen molar-refractivity contribution in [1.82, 2.24) is 14.3 Å². The van der Waals surface area contributed by atoms with Gasteiger partial charge in [0.15, 0.2) is 0 Å². The molecule has 18 heavy (non-hydrogen) atoms. The summed E-state index contributed by atoms with van der Waals surface area (Å²) in [6, 6.07) is 0. The Labute approximate surface area is 110 Å². The van der Waals surface area contributed by atoms with Crippen LogP contribution in [0.15, 0.2) is 11.4 Å². The van der Waals surface area contributed by atoms with E-state index in [0.717, 1.165) is 0 Å². The molecule has 7 nitrogen and oxygen atoms in total. The van der Waals surface area contributed by atoms with Crippen molar-refractivity contribution in [2.45, 2.75) is 24.4 Å². The van der Waals surface area contributed by atoms with E-state index in [0.29, 0.717) is 0 Å². The summed E-state index contributed by atoms with van der Waals surface area (Å²) in [6.07, 6.45) is 1.27. The Morgan fingerprint density at radius 2 is 2.11 bits per heavy atom. The third-order valence-electron chi connectivity index (χ3n) is 2.17. The SMILES string of the molecule is COC(=O)C(C)(C)NS(=O)(=O)c1ncn(C)c1Cl. The van der Waals surface area contributed by atoms with Crippen molar-refractivity contribution >= 4 is 27.6 Å². The molecular formula is C9H14ClN3O4S. The maximum absolute atomic E-state index is 12.0. The summed E-state index contributed by atoms with van der Waals surface area (Å²) < 4.78 is 32.1. The topological polar surface area (TPSA) is 90.3 Å².